The molecule has 3 rings (SSSR count). The number of hydrogen-bond acceptors (Lipinski definition) is 2. The van der Waals surface area contributed by atoms with E-state index in [1.807, 2.05) is 0 Å². The van der Waals surface area contributed by atoms with E-state index in [2.05, 4.69) is 10.2 Å². The Labute approximate surface area is 114 Å². The molecule has 0 aliphatic heterocycles. The molecule has 0 atom stereocenters. The Morgan fingerprint density at radius 3 is 2.50 bits per heavy atom. The van der Waals surface area contributed by atoms with Crippen LogP contribution in [0.1, 0.15) is 5.56 Å². The summed E-state index contributed by atoms with van der Waals surface area (Å²) in [4.78, 5) is 0. The van der Waals surface area contributed by atoms with Crippen LogP contribution in [-0.2, 0) is 0 Å². The Morgan fingerprint density at radius 1 is 1.15 bits per heavy atom. The molecular weight excluding hydrogens is 262 g/mol. The van der Waals surface area contributed by atoms with Crippen molar-refractivity contribution in [2.45, 2.75) is 6.92 Å². The smallest absolute Gasteiger partial charge is 0.144 e. The van der Waals surface area contributed by atoms with Crippen molar-refractivity contribution >= 4 is 10.9 Å². The summed E-state index contributed by atoms with van der Waals surface area (Å²) in [5.41, 5.74) is 1.89. The van der Waals surface area contributed by atoms with Crippen molar-refractivity contribution in [2.24, 2.45) is 0 Å². The third-order valence-corrected chi connectivity index (χ3v) is 3.39. The van der Waals surface area contributed by atoms with Gasteiger partial charge in [-0.2, -0.15) is 5.10 Å². The van der Waals surface area contributed by atoms with Gasteiger partial charge in [-0.05, 0) is 42.3 Å². The Balaban J connectivity index is 2.28. The summed E-state index contributed by atoms with van der Waals surface area (Å²) in [6.07, 6.45) is 1.61. The highest BCUT2D eigenvalue weighted by Crippen LogP contribution is 2.34. The van der Waals surface area contributed by atoms with Gasteiger partial charge in [-0.15, -0.1) is 0 Å². The quantitative estimate of drug-likeness (QED) is 0.771. The number of fused-ring (bicyclic) bond motifs is 1. The largest absolute Gasteiger partial charge is 0.494 e. The summed E-state index contributed by atoms with van der Waals surface area (Å²) in [5, 5.41) is 7.55. The number of hydrogen-bond donors (Lipinski definition) is 1. The number of halogens is 2. The highest BCUT2D eigenvalue weighted by Gasteiger charge is 2.13. The van der Waals surface area contributed by atoms with Gasteiger partial charge >= 0.3 is 0 Å². The molecule has 1 N–H and O–H groups in total. The Hall–Kier alpha value is -2.43. The van der Waals surface area contributed by atoms with Gasteiger partial charge in [-0.3, -0.25) is 5.10 Å². The standard InChI is InChI=1S/C15H12F2N2O/c1-8-12(16)5-9(6-13(8)17)10-3-4-14(20-2)15-11(10)7-18-19-15/h3-7H,1-2H3,(H,18,19). The van der Waals surface area contributed by atoms with Crippen LogP contribution in [0, 0.1) is 18.6 Å². The fourth-order valence-corrected chi connectivity index (χ4v) is 2.23. The summed E-state index contributed by atoms with van der Waals surface area (Å²) in [7, 11) is 1.56. The average Bonchev–Trinajstić information content (AvgIpc) is 2.92. The first-order valence-corrected chi connectivity index (χ1v) is 6.08. The van der Waals surface area contributed by atoms with Crippen LogP contribution >= 0.6 is 0 Å². The lowest BCUT2D eigenvalue weighted by Crippen LogP contribution is -1.92. The molecule has 0 spiro atoms. The molecule has 0 fully saturated rings. The van der Waals surface area contributed by atoms with Crippen molar-refractivity contribution in [1.82, 2.24) is 10.2 Å². The molecule has 3 nitrogen and oxygen atoms in total. The van der Waals surface area contributed by atoms with Crippen molar-refractivity contribution < 1.29 is 13.5 Å². The van der Waals surface area contributed by atoms with Crippen molar-refractivity contribution in [3.8, 4) is 16.9 Å². The predicted octanol–water partition coefficient (Wildman–Crippen LogP) is 3.83. The summed E-state index contributed by atoms with van der Waals surface area (Å²) < 4.78 is 32.6. The minimum Gasteiger partial charge on any atom is -0.494 e. The number of nitrogens with one attached hydrogen (secondary N) is 1. The molecule has 2 aromatic carbocycles. The minimum absolute atomic E-state index is 0.0192. The monoisotopic (exact) mass is 274 g/mol. The second kappa shape index (κ2) is 4.59. The molecule has 0 bridgehead atoms. The predicted molar refractivity (Wildman–Crippen MR) is 72.7 cm³/mol. The van der Waals surface area contributed by atoms with E-state index in [-0.39, 0.29) is 5.56 Å². The topological polar surface area (TPSA) is 37.9 Å². The third-order valence-electron chi connectivity index (χ3n) is 3.39. The third kappa shape index (κ3) is 1.82. The number of benzene rings is 2. The maximum absolute atomic E-state index is 13.7. The molecular formula is C15H12F2N2O. The van der Waals surface area contributed by atoms with Gasteiger partial charge in [0.25, 0.3) is 0 Å². The van der Waals surface area contributed by atoms with E-state index in [4.69, 9.17) is 4.74 Å². The average molecular weight is 274 g/mol. The van der Waals surface area contributed by atoms with Crippen LogP contribution in [-0.4, -0.2) is 17.3 Å². The van der Waals surface area contributed by atoms with Crippen molar-refractivity contribution in [1.29, 1.82) is 0 Å². The molecule has 3 aromatic rings. The molecule has 5 heteroatoms. The van der Waals surface area contributed by atoms with Crippen molar-refractivity contribution in [3.63, 3.8) is 0 Å². The summed E-state index contributed by atoms with van der Waals surface area (Å²) in [5.74, 6) is -0.491. The molecule has 0 radical (unpaired) electrons. The number of H-pyrrole nitrogens is 1. The molecule has 20 heavy (non-hydrogen) atoms. The zero-order valence-electron chi connectivity index (χ0n) is 11.0. The van der Waals surface area contributed by atoms with Crippen LogP contribution in [0.3, 0.4) is 0 Å². The second-order valence-corrected chi connectivity index (χ2v) is 4.54. The number of aromatic amines is 1. The van der Waals surface area contributed by atoms with E-state index in [0.717, 1.165) is 5.39 Å². The SMILES string of the molecule is COc1ccc(-c2cc(F)c(C)c(F)c2)c2cn[nH]c12. The van der Waals surface area contributed by atoms with Gasteiger partial charge in [-0.25, -0.2) is 8.78 Å². The Morgan fingerprint density at radius 2 is 1.85 bits per heavy atom. The van der Waals surface area contributed by atoms with Crippen LogP contribution in [0.5, 0.6) is 5.75 Å². The molecule has 0 unspecified atom stereocenters. The lowest BCUT2D eigenvalue weighted by molar-refractivity contribution is 0.419. The second-order valence-electron chi connectivity index (χ2n) is 4.54. The summed E-state index contributed by atoms with van der Waals surface area (Å²) >= 11 is 0. The highest BCUT2D eigenvalue weighted by molar-refractivity contribution is 5.97. The van der Waals surface area contributed by atoms with Gasteiger partial charge in [-0.1, -0.05) is 0 Å². The molecule has 0 aliphatic rings. The summed E-state index contributed by atoms with van der Waals surface area (Å²) in [6, 6.07) is 6.16. The Kier molecular flexibility index (Phi) is 2.89. The Bertz CT molecular complexity index is 773. The zero-order chi connectivity index (χ0) is 14.3. The van der Waals surface area contributed by atoms with E-state index >= 15 is 0 Å². The molecule has 102 valence electrons. The van der Waals surface area contributed by atoms with Crippen LogP contribution in [0.2, 0.25) is 0 Å². The molecule has 1 heterocycles. The normalized spacial score (nSPS) is 11.0. The maximum atomic E-state index is 13.7. The first kappa shape index (κ1) is 12.6. The number of aromatic nitrogens is 2. The number of methoxy groups -OCH3 is 1. The van der Waals surface area contributed by atoms with Crippen LogP contribution in [0.4, 0.5) is 8.78 Å². The lowest BCUT2D eigenvalue weighted by atomic mass is 10.00. The van der Waals surface area contributed by atoms with Crippen LogP contribution in [0.15, 0.2) is 30.5 Å². The van der Waals surface area contributed by atoms with Crippen molar-refractivity contribution in [2.75, 3.05) is 7.11 Å². The van der Waals surface area contributed by atoms with E-state index < -0.39 is 11.6 Å². The number of rotatable bonds is 2. The van der Waals surface area contributed by atoms with Gasteiger partial charge in [0.05, 0.1) is 13.3 Å². The maximum Gasteiger partial charge on any atom is 0.144 e. The van der Waals surface area contributed by atoms with Gasteiger partial charge in [0.15, 0.2) is 0 Å². The lowest BCUT2D eigenvalue weighted by Gasteiger charge is -2.08. The first-order valence-electron chi connectivity index (χ1n) is 6.08. The fourth-order valence-electron chi connectivity index (χ4n) is 2.23. The molecule has 0 aliphatic carbocycles. The van der Waals surface area contributed by atoms with Crippen molar-refractivity contribution in [3.05, 3.63) is 47.7 Å². The fraction of sp³-hybridized carbons (Fsp3) is 0.133. The van der Waals surface area contributed by atoms with Crippen LogP contribution < -0.4 is 4.74 Å². The molecule has 0 saturated heterocycles. The molecule has 1 aromatic heterocycles. The van der Waals surface area contributed by atoms with E-state index in [1.54, 1.807) is 25.4 Å². The molecule has 0 saturated carbocycles. The van der Waals surface area contributed by atoms with Gasteiger partial charge in [0.2, 0.25) is 0 Å². The van der Waals surface area contributed by atoms with E-state index in [1.165, 1.54) is 19.1 Å². The number of nitrogens with zero attached hydrogens (tertiary/aromatic N) is 1. The van der Waals surface area contributed by atoms with E-state index in [9.17, 15) is 8.78 Å². The van der Waals surface area contributed by atoms with Crippen LogP contribution in [0.25, 0.3) is 22.0 Å². The zero-order valence-corrected chi connectivity index (χ0v) is 11.0. The minimum atomic E-state index is -0.563. The van der Waals surface area contributed by atoms with E-state index in [0.29, 0.717) is 22.4 Å². The first-order chi connectivity index (χ1) is 9.61. The molecule has 0 amide bonds. The number of ether oxygens (including phenoxy) is 1. The van der Waals surface area contributed by atoms with Gasteiger partial charge in [0, 0.05) is 10.9 Å². The highest BCUT2D eigenvalue weighted by atomic mass is 19.1. The summed E-state index contributed by atoms with van der Waals surface area (Å²) in [6.45, 7) is 1.41. The van der Waals surface area contributed by atoms with Gasteiger partial charge in [0.1, 0.15) is 22.9 Å². The van der Waals surface area contributed by atoms with Gasteiger partial charge < -0.3 is 4.74 Å².